The van der Waals surface area contributed by atoms with Gasteiger partial charge in [0.2, 0.25) is 0 Å². The largest absolute Gasteiger partial charge is 0.488 e. The Labute approximate surface area is 111 Å². The van der Waals surface area contributed by atoms with Crippen molar-refractivity contribution < 1.29 is 9.66 Å². The zero-order valence-corrected chi connectivity index (χ0v) is 10.9. The fraction of sp³-hybridized carbons (Fsp3) is 0.200. The van der Waals surface area contributed by atoms with E-state index >= 15 is 0 Å². The Morgan fingerprint density at radius 2 is 1.68 bits per heavy atom. The van der Waals surface area contributed by atoms with Crippen LogP contribution in [0.1, 0.15) is 16.7 Å². The normalized spacial score (nSPS) is 10.2. The third kappa shape index (κ3) is 3.10. The van der Waals surface area contributed by atoms with Gasteiger partial charge in [-0.1, -0.05) is 30.3 Å². The van der Waals surface area contributed by atoms with Crippen LogP contribution < -0.4 is 4.74 Å². The molecule has 0 aliphatic heterocycles. The van der Waals surface area contributed by atoms with Gasteiger partial charge in [-0.3, -0.25) is 10.1 Å². The smallest absolute Gasteiger partial charge is 0.270 e. The topological polar surface area (TPSA) is 52.4 Å². The highest BCUT2D eigenvalue weighted by atomic mass is 16.6. The zero-order chi connectivity index (χ0) is 13.8. The lowest BCUT2D eigenvalue weighted by Crippen LogP contribution is -2.00. The lowest BCUT2D eigenvalue weighted by molar-refractivity contribution is -0.385. The van der Waals surface area contributed by atoms with Crippen LogP contribution in [-0.4, -0.2) is 4.92 Å². The Hall–Kier alpha value is -2.36. The van der Waals surface area contributed by atoms with Gasteiger partial charge in [-0.15, -0.1) is 0 Å². The van der Waals surface area contributed by atoms with Crippen molar-refractivity contribution in [2.45, 2.75) is 20.5 Å². The molecule has 0 aliphatic carbocycles. The first kappa shape index (κ1) is 13.1. The highest BCUT2D eigenvalue weighted by Gasteiger charge is 2.12. The van der Waals surface area contributed by atoms with Crippen molar-refractivity contribution in [1.82, 2.24) is 0 Å². The predicted octanol–water partition coefficient (Wildman–Crippen LogP) is 3.79. The number of hydrogen-bond donors (Lipinski definition) is 0. The van der Waals surface area contributed by atoms with Gasteiger partial charge in [-0.2, -0.15) is 0 Å². The second-order valence-corrected chi connectivity index (χ2v) is 4.44. The van der Waals surface area contributed by atoms with Crippen LogP contribution in [0.3, 0.4) is 0 Å². The molecule has 0 heterocycles. The molecule has 0 amide bonds. The summed E-state index contributed by atoms with van der Waals surface area (Å²) in [6.45, 7) is 4.10. The van der Waals surface area contributed by atoms with E-state index < -0.39 is 0 Å². The van der Waals surface area contributed by atoms with Crippen molar-refractivity contribution in [3.63, 3.8) is 0 Å². The van der Waals surface area contributed by atoms with E-state index in [4.69, 9.17) is 4.74 Å². The van der Waals surface area contributed by atoms with Crippen LogP contribution in [0.2, 0.25) is 0 Å². The molecule has 0 N–H and O–H groups in total. The number of nitro groups is 1. The third-order valence-electron chi connectivity index (χ3n) is 2.88. The summed E-state index contributed by atoms with van der Waals surface area (Å²) < 4.78 is 5.77. The van der Waals surface area contributed by atoms with Crippen LogP contribution in [0, 0.1) is 24.0 Å². The number of hydrogen-bond acceptors (Lipinski definition) is 3. The molecule has 0 fully saturated rings. The molecule has 0 saturated carbocycles. The van der Waals surface area contributed by atoms with Crippen molar-refractivity contribution in [2.24, 2.45) is 0 Å². The fourth-order valence-corrected chi connectivity index (χ4v) is 1.99. The Morgan fingerprint density at radius 3 is 2.21 bits per heavy atom. The van der Waals surface area contributed by atoms with E-state index in [1.54, 1.807) is 0 Å². The van der Waals surface area contributed by atoms with E-state index in [9.17, 15) is 10.1 Å². The van der Waals surface area contributed by atoms with Gasteiger partial charge in [-0.05, 0) is 30.5 Å². The lowest BCUT2D eigenvalue weighted by atomic mass is 10.1. The van der Waals surface area contributed by atoms with Crippen molar-refractivity contribution in [1.29, 1.82) is 0 Å². The van der Waals surface area contributed by atoms with Gasteiger partial charge < -0.3 is 4.74 Å². The van der Waals surface area contributed by atoms with Crippen LogP contribution >= 0.6 is 0 Å². The van der Waals surface area contributed by atoms with Crippen LogP contribution in [0.25, 0.3) is 0 Å². The molecule has 4 nitrogen and oxygen atoms in total. The molecule has 0 saturated heterocycles. The van der Waals surface area contributed by atoms with E-state index in [2.05, 4.69) is 0 Å². The first-order valence-corrected chi connectivity index (χ1v) is 6.00. The summed E-state index contributed by atoms with van der Waals surface area (Å²) in [6.07, 6.45) is 0. The number of non-ortho nitro benzene ring substituents is 1. The molecule has 0 bridgehead atoms. The van der Waals surface area contributed by atoms with E-state index in [0.29, 0.717) is 6.61 Å². The van der Waals surface area contributed by atoms with Crippen molar-refractivity contribution in [3.8, 4) is 5.75 Å². The average molecular weight is 257 g/mol. The number of rotatable bonds is 4. The molecule has 0 aromatic heterocycles. The van der Waals surface area contributed by atoms with E-state index in [1.165, 1.54) is 12.1 Å². The van der Waals surface area contributed by atoms with Gasteiger partial charge in [0.25, 0.3) is 5.69 Å². The van der Waals surface area contributed by atoms with Crippen LogP contribution in [0.5, 0.6) is 5.75 Å². The van der Waals surface area contributed by atoms with Crippen molar-refractivity contribution in [2.75, 3.05) is 0 Å². The molecule has 0 unspecified atom stereocenters. The Kier molecular flexibility index (Phi) is 3.80. The minimum Gasteiger partial charge on any atom is -0.488 e. The second kappa shape index (κ2) is 5.52. The molecule has 0 aliphatic rings. The molecule has 0 atom stereocenters. The Balaban J connectivity index is 2.19. The summed E-state index contributed by atoms with van der Waals surface area (Å²) in [5, 5.41) is 10.8. The average Bonchev–Trinajstić information content (AvgIpc) is 2.38. The van der Waals surface area contributed by atoms with E-state index in [-0.39, 0.29) is 10.6 Å². The van der Waals surface area contributed by atoms with Gasteiger partial charge in [0, 0.05) is 12.1 Å². The SMILES string of the molecule is Cc1cc([N+](=O)[O-])cc(C)c1OCc1ccccc1. The number of nitrogens with zero attached hydrogens (tertiary/aromatic N) is 1. The maximum Gasteiger partial charge on any atom is 0.270 e. The molecular weight excluding hydrogens is 242 g/mol. The van der Waals surface area contributed by atoms with Crippen molar-refractivity contribution >= 4 is 5.69 Å². The van der Waals surface area contributed by atoms with E-state index in [0.717, 1.165) is 22.4 Å². The monoisotopic (exact) mass is 257 g/mol. The molecule has 19 heavy (non-hydrogen) atoms. The second-order valence-electron chi connectivity index (χ2n) is 4.44. The molecule has 2 aromatic rings. The summed E-state index contributed by atoms with van der Waals surface area (Å²) in [4.78, 5) is 10.4. The van der Waals surface area contributed by atoms with Gasteiger partial charge in [0.1, 0.15) is 12.4 Å². The van der Waals surface area contributed by atoms with Gasteiger partial charge in [0.15, 0.2) is 0 Å². The van der Waals surface area contributed by atoms with Crippen LogP contribution in [0.15, 0.2) is 42.5 Å². The predicted molar refractivity (Wildman–Crippen MR) is 73.3 cm³/mol. The quantitative estimate of drug-likeness (QED) is 0.618. The Morgan fingerprint density at radius 1 is 1.11 bits per heavy atom. The number of aryl methyl sites for hydroxylation is 2. The minimum atomic E-state index is -0.388. The highest BCUT2D eigenvalue weighted by Crippen LogP contribution is 2.28. The summed E-state index contributed by atoms with van der Waals surface area (Å²) in [5.74, 6) is 0.717. The minimum absolute atomic E-state index is 0.0991. The number of nitro benzene ring substituents is 1. The lowest BCUT2D eigenvalue weighted by Gasteiger charge is -2.12. The molecular formula is C15H15NO3. The summed E-state index contributed by atoms with van der Waals surface area (Å²) in [6, 6.07) is 12.9. The van der Waals surface area contributed by atoms with Gasteiger partial charge in [-0.25, -0.2) is 0 Å². The summed E-state index contributed by atoms with van der Waals surface area (Å²) in [5.41, 5.74) is 2.73. The van der Waals surface area contributed by atoms with Crippen molar-refractivity contribution in [3.05, 3.63) is 69.3 Å². The van der Waals surface area contributed by atoms with Gasteiger partial charge >= 0.3 is 0 Å². The molecule has 0 radical (unpaired) electrons. The number of benzene rings is 2. The standard InChI is InChI=1S/C15H15NO3/c1-11-8-14(16(17)18)9-12(2)15(11)19-10-13-6-4-3-5-7-13/h3-9H,10H2,1-2H3. The van der Waals surface area contributed by atoms with Gasteiger partial charge in [0.05, 0.1) is 4.92 Å². The molecule has 2 rings (SSSR count). The summed E-state index contributed by atoms with van der Waals surface area (Å²) >= 11 is 0. The van der Waals surface area contributed by atoms with Crippen LogP contribution in [-0.2, 0) is 6.61 Å². The Bertz CT molecular complexity index is 571. The fourth-order valence-electron chi connectivity index (χ4n) is 1.99. The zero-order valence-electron chi connectivity index (χ0n) is 10.9. The molecule has 4 heteroatoms. The van der Waals surface area contributed by atoms with Crippen LogP contribution in [0.4, 0.5) is 5.69 Å². The number of ether oxygens (including phenoxy) is 1. The maximum absolute atomic E-state index is 10.8. The van der Waals surface area contributed by atoms with E-state index in [1.807, 2.05) is 44.2 Å². The maximum atomic E-state index is 10.8. The molecule has 98 valence electrons. The molecule has 0 spiro atoms. The highest BCUT2D eigenvalue weighted by molar-refractivity contribution is 5.49. The third-order valence-corrected chi connectivity index (χ3v) is 2.88. The first-order valence-electron chi connectivity index (χ1n) is 6.00. The molecule has 2 aromatic carbocycles. The summed E-state index contributed by atoms with van der Waals surface area (Å²) in [7, 11) is 0. The first-order chi connectivity index (χ1) is 9.08.